The maximum Gasteiger partial charge on any atom is 0.260 e. The van der Waals surface area contributed by atoms with Gasteiger partial charge in [0.15, 0.2) is 5.03 Å². The number of rotatable bonds is 5. The molecule has 0 radical (unpaired) electrons. The maximum absolute atomic E-state index is 12.1. The van der Waals surface area contributed by atoms with Crippen molar-refractivity contribution in [3.63, 3.8) is 0 Å². The Bertz CT molecular complexity index is 481. The van der Waals surface area contributed by atoms with E-state index >= 15 is 0 Å². The summed E-state index contributed by atoms with van der Waals surface area (Å²) in [6.45, 7) is 5.74. The van der Waals surface area contributed by atoms with Crippen molar-refractivity contribution < 1.29 is 8.42 Å². The summed E-state index contributed by atoms with van der Waals surface area (Å²) in [5.74, 6) is 0. The molecule has 5 nitrogen and oxygen atoms in total. The minimum Gasteiger partial charge on any atom is -0.396 e. The van der Waals surface area contributed by atoms with Crippen LogP contribution in [0, 0.1) is 0 Å². The van der Waals surface area contributed by atoms with Gasteiger partial charge in [-0.1, -0.05) is 13.8 Å². The van der Waals surface area contributed by atoms with Crippen LogP contribution in [-0.4, -0.2) is 18.9 Å². The first-order chi connectivity index (χ1) is 7.84. The normalized spacial score (nSPS) is 12.6. The Balaban J connectivity index is 3.10. The van der Waals surface area contributed by atoms with E-state index in [1.54, 1.807) is 6.07 Å². The molecule has 0 aromatic carbocycles. The largest absolute Gasteiger partial charge is 0.396 e. The first-order valence-electron chi connectivity index (χ1n) is 5.59. The molecule has 0 amide bonds. The van der Waals surface area contributed by atoms with Gasteiger partial charge >= 0.3 is 0 Å². The number of sulfonamides is 1. The third-order valence-corrected chi connectivity index (χ3v) is 4.61. The van der Waals surface area contributed by atoms with E-state index in [1.165, 1.54) is 12.3 Å². The molecule has 3 N–H and O–H groups in total. The predicted molar refractivity (Wildman–Crippen MR) is 68.0 cm³/mol. The van der Waals surface area contributed by atoms with Gasteiger partial charge in [0.25, 0.3) is 10.0 Å². The Hall–Kier alpha value is -1.14. The van der Waals surface area contributed by atoms with Crippen molar-refractivity contribution in [2.24, 2.45) is 0 Å². The van der Waals surface area contributed by atoms with Gasteiger partial charge in [0.2, 0.25) is 0 Å². The molecule has 0 spiro atoms. The molecule has 0 aliphatic rings. The lowest BCUT2D eigenvalue weighted by atomic mass is 9.98. The first-order valence-corrected chi connectivity index (χ1v) is 7.07. The van der Waals surface area contributed by atoms with Crippen LogP contribution in [-0.2, 0) is 10.0 Å². The van der Waals surface area contributed by atoms with Crippen molar-refractivity contribution in [3.8, 4) is 0 Å². The van der Waals surface area contributed by atoms with Crippen LogP contribution >= 0.6 is 0 Å². The maximum atomic E-state index is 12.1. The second-order valence-corrected chi connectivity index (χ2v) is 5.87. The monoisotopic (exact) mass is 257 g/mol. The summed E-state index contributed by atoms with van der Waals surface area (Å²) < 4.78 is 26.9. The van der Waals surface area contributed by atoms with Crippen molar-refractivity contribution in [1.82, 2.24) is 9.71 Å². The number of nitrogen functional groups attached to an aromatic ring is 1. The van der Waals surface area contributed by atoms with Crippen LogP contribution in [0.15, 0.2) is 23.4 Å². The first kappa shape index (κ1) is 13.9. The van der Waals surface area contributed by atoms with Crippen LogP contribution in [0.5, 0.6) is 0 Å². The number of nitrogens with one attached hydrogen (secondary N) is 1. The molecule has 1 aromatic rings. The predicted octanol–water partition coefficient (Wildman–Crippen LogP) is 1.52. The second-order valence-electron chi connectivity index (χ2n) is 4.27. The highest BCUT2D eigenvalue weighted by Crippen LogP contribution is 2.20. The van der Waals surface area contributed by atoms with Gasteiger partial charge in [0, 0.05) is 11.7 Å². The van der Waals surface area contributed by atoms with Crippen LogP contribution in [0.25, 0.3) is 0 Å². The topological polar surface area (TPSA) is 85.1 Å². The van der Waals surface area contributed by atoms with Crippen molar-refractivity contribution in [2.75, 3.05) is 5.73 Å². The van der Waals surface area contributed by atoms with Gasteiger partial charge in [-0.3, -0.25) is 0 Å². The number of hydrogen-bond acceptors (Lipinski definition) is 4. The van der Waals surface area contributed by atoms with E-state index in [-0.39, 0.29) is 10.7 Å². The summed E-state index contributed by atoms with van der Waals surface area (Å²) >= 11 is 0. The zero-order chi connectivity index (χ0) is 13.1. The number of hydrogen-bond donors (Lipinski definition) is 2. The third-order valence-electron chi connectivity index (χ3n) is 3.00. The van der Waals surface area contributed by atoms with E-state index in [1.807, 2.05) is 20.8 Å². The molecular formula is C11H19N3O2S. The van der Waals surface area contributed by atoms with Crippen LogP contribution in [0.2, 0.25) is 0 Å². The SMILES string of the molecule is CCC(C)(CC)NS(=O)(=O)c1ncccc1N. The summed E-state index contributed by atoms with van der Waals surface area (Å²) in [7, 11) is -3.66. The Morgan fingerprint density at radius 2 is 2.00 bits per heavy atom. The van der Waals surface area contributed by atoms with Gasteiger partial charge in [0.05, 0.1) is 5.69 Å². The molecule has 17 heavy (non-hydrogen) atoms. The zero-order valence-corrected chi connectivity index (χ0v) is 11.2. The highest BCUT2D eigenvalue weighted by atomic mass is 32.2. The molecule has 0 unspecified atom stereocenters. The lowest BCUT2D eigenvalue weighted by Crippen LogP contribution is -2.45. The summed E-state index contributed by atoms with van der Waals surface area (Å²) in [6.07, 6.45) is 2.82. The fraction of sp³-hybridized carbons (Fsp3) is 0.545. The third kappa shape index (κ3) is 3.17. The Morgan fingerprint density at radius 3 is 2.47 bits per heavy atom. The average Bonchev–Trinajstić information content (AvgIpc) is 2.28. The number of anilines is 1. The molecule has 96 valence electrons. The fourth-order valence-electron chi connectivity index (χ4n) is 1.39. The van der Waals surface area contributed by atoms with Crippen molar-refractivity contribution in [1.29, 1.82) is 0 Å². The minimum absolute atomic E-state index is 0.104. The van der Waals surface area contributed by atoms with Gasteiger partial charge in [-0.25, -0.2) is 18.1 Å². The Labute approximate surface area is 102 Å². The van der Waals surface area contributed by atoms with Gasteiger partial charge in [-0.05, 0) is 31.9 Å². The smallest absolute Gasteiger partial charge is 0.260 e. The molecule has 0 aliphatic heterocycles. The molecule has 0 saturated heterocycles. The molecule has 6 heteroatoms. The van der Waals surface area contributed by atoms with E-state index in [2.05, 4.69) is 9.71 Å². The quantitative estimate of drug-likeness (QED) is 0.837. The summed E-state index contributed by atoms with van der Waals surface area (Å²) in [5.41, 5.74) is 5.32. The van der Waals surface area contributed by atoms with E-state index in [9.17, 15) is 8.42 Å². The number of aromatic nitrogens is 1. The molecule has 0 atom stereocenters. The van der Waals surface area contributed by atoms with Crippen LogP contribution in [0.3, 0.4) is 0 Å². The van der Waals surface area contributed by atoms with E-state index < -0.39 is 15.6 Å². The number of pyridine rings is 1. The van der Waals surface area contributed by atoms with Crippen molar-refractivity contribution in [3.05, 3.63) is 18.3 Å². The molecule has 1 aromatic heterocycles. The molecule has 0 bridgehead atoms. The standard InChI is InChI=1S/C11H19N3O2S/c1-4-11(3,5-2)14-17(15,16)10-9(12)7-6-8-13-10/h6-8,14H,4-5,12H2,1-3H3. The summed E-state index contributed by atoms with van der Waals surface area (Å²) in [5, 5.41) is -0.104. The number of nitrogens with zero attached hydrogens (tertiary/aromatic N) is 1. The summed E-state index contributed by atoms with van der Waals surface area (Å²) in [6, 6.07) is 3.13. The van der Waals surface area contributed by atoms with E-state index in [0.717, 1.165) is 0 Å². The summed E-state index contributed by atoms with van der Waals surface area (Å²) in [4.78, 5) is 3.83. The highest BCUT2D eigenvalue weighted by Gasteiger charge is 2.29. The van der Waals surface area contributed by atoms with Gasteiger partial charge in [0.1, 0.15) is 0 Å². The zero-order valence-electron chi connectivity index (χ0n) is 10.4. The Kier molecular flexibility index (Phi) is 4.11. The van der Waals surface area contributed by atoms with Crippen molar-refractivity contribution in [2.45, 2.75) is 44.2 Å². The molecule has 0 aliphatic carbocycles. The molecule has 0 saturated carbocycles. The van der Waals surface area contributed by atoms with Gasteiger partial charge in [-0.15, -0.1) is 0 Å². The van der Waals surface area contributed by atoms with Crippen LogP contribution < -0.4 is 10.5 Å². The fourth-order valence-corrected chi connectivity index (χ4v) is 3.01. The lowest BCUT2D eigenvalue weighted by Gasteiger charge is -2.27. The molecular weight excluding hydrogens is 238 g/mol. The lowest BCUT2D eigenvalue weighted by molar-refractivity contribution is 0.388. The molecule has 1 heterocycles. The van der Waals surface area contributed by atoms with E-state index in [4.69, 9.17) is 5.73 Å². The van der Waals surface area contributed by atoms with E-state index in [0.29, 0.717) is 12.8 Å². The minimum atomic E-state index is -3.66. The Morgan fingerprint density at radius 1 is 1.41 bits per heavy atom. The van der Waals surface area contributed by atoms with Gasteiger partial charge in [-0.2, -0.15) is 0 Å². The molecule has 0 fully saturated rings. The van der Waals surface area contributed by atoms with Gasteiger partial charge < -0.3 is 5.73 Å². The molecule has 1 rings (SSSR count). The van der Waals surface area contributed by atoms with Crippen molar-refractivity contribution >= 4 is 15.7 Å². The average molecular weight is 257 g/mol. The van der Waals surface area contributed by atoms with Crippen LogP contribution in [0.1, 0.15) is 33.6 Å². The number of nitrogens with two attached hydrogens (primary N) is 1. The van der Waals surface area contributed by atoms with Crippen LogP contribution in [0.4, 0.5) is 5.69 Å². The highest BCUT2D eigenvalue weighted by molar-refractivity contribution is 7.89. The second kappa shape index (κ2) is 5.01.